The number of nitrogens with zero attached hydrogens (tertiary/aromatic N) is 1. The van der Waals surface area contributed by atoms with E-state index in [0.29, 0.717) is 17.6 Å². The molecule has 2 N–H and O–H groups in total. The molecule has 2 aromatic carbocycles. The molecule has 0 radical (unpaired) electrons. The highest BCUT2D eigenvalue weighted by Gasteiger charge is 2.35. The molecule has 1 saturated heterocycles. The Labute approximate surface area is 211 Å². The van der Waals surface area contributed by atoms with E-state index in [1.54, 1.807) is 0 Å². The van der Waals surface area contributed by atoms with Crippen LogP contribution >= 0.6 is 24.8 Å². The van der Waals surface area contributed by atoms with E-state index in [9.17, 15) is 5.11 Å². The molecule has 3 atom stereocenters. The lowest BCUT2D eigenvalue weighted by atomic mass is 9.82. The highest BCUT2D eigenvalue weighted by Crippen LogP contribution is 2.40. The molecule has 33 heavy (non-hydrogen) atoms. The summed E-state index contributed by atoms with van der Waals surface area (Å²) in [6, 6.07) is 15.1. The Balaban J connectivity index is 0.00000193. The molecule has 0 spiro atoms. The van der Waals surface area contributed by atoms with Gasteiger partial charge in [0.2, 0.25) is 0 Å². The molecule has 2 aliphatic rings. The molecule has 1 unspecified atom stereocenters. The number of hydrogen-bond donors (Lipinski definition) is 2. The summed E-state index contributed by atoms with van der Waals surface area (Å²) in [4.78, 5) is 2.64. The number of hydrogen-bond acceptors (Lipinski definition) is 4. The highest BCUT2D eigenvalue weighted by atomic mass is 35.5. The number of likely N-dealkylation sites (tertiary alicyclic amines) is 1. The van der Waals surface area contributed by atoms with Gasteiger partial charge in [-0.25, -0.2) is 0 Å². The monoisotopic (exact) mass is 494 g/mol. The van der Waals surface area contributed by atoms with Crippen LogP contribution in [0.25, 0.3) is 0 Å². The molecule has 2 aliphatic heterocycles. The molecule has 184 valence electrons. The number of fused-ring (bicyclic) bond motifs is 1. The number of halogens is 2. The zero-order valence-corrected chi connectivity index (χ0v) is 21.8. The lowest BCUT2D eigenvalue weighted by Gasteiger charge is -2.41. The van der Waals surface area contributed by atoms with Gasteiger partial charge in [-0.15, -0.1) is 24.8 Å². The van der Waals surface area contributed by atoms with Gasteiger partial charge in [-0.2, -0.15) is 0 Å². The summed E-state index contributed by atoms with van der Waals surface area (Å²) in [6.07, 6.45) is 4.56. The van der Waals surface area contributed by atoms with Gasteiger partial charge in [-0.1, -0.05) is 49.4 Å². The molecular formula is C27H40Cl2N2O2. The normalized spacial score (nSPS) is 22.0. The summed E-state index contributed by atoms with van der Waals surface area (Å²) in [5, 5.41) is 14.0. The van der Waals surface area contributed by atoms with Gasteiger partial charge in [0.05, 0.1) is 12.2 Å². The summed E-state index contributed by atoms with van der Waals surface area (Å²) < 4.78 is 6.60. The van der Waals surface area contributed by atoms with Gasteiger partial charge < -0.3 is 20.1 Å². The number of rotatable bonds is 7. The van der Waals surface area contributed by atoms with Gasteiger partial charge in [0.15, 0.2) is 0 Å². The lowest BCUT2D eigenvalue weighted by molar-refractivity contribution is -0.0672. The van der Waals surface area contributed by atoms with Crippen molar-refractivity contribution in [2.24, 2.45) is 5.92 Å². The Kier molecular flexibility index (Phi) is 11.0. The third-order valence-corrected chi connectivity index (χ3v) is 7.40. The van der Waals surface area contributed by atoms with Gasteiger partial charge >= 0.3 is 0 Å². The van der Waals surface area contributed by atoms with Crippen molar-refractivity contribution in [1.82, 2.24) is 10.2 Å². The first kappa shape index (κ1) is 27.9. The van der Waals surface area contributed by atoms with Crippen molar-refractivity contribution in [3.63, 3.8) is 0 Å². The van der Waals surface area contributed by atoms with Gasteiger partial charge in [0.25, 0.3) is 0 Å². The van der Waals surface area contributed by atoms with E-state index in [4.69, 9.17) is 4.74 Å². The van der Waals surface area contributed by atoms with Crippen molar-refractivity contribution in [3.05, 3.63) is 64.7 Å². The Hall–Kier alpha value is -1.30. The third kappa shape index (κ3) is 6.43. The first-order valence-corrected chi connectivity index (χ1v) is 12.0. The van der Waals surface area contributed by atoms with E-state index >= 15 is 0 Å². The third-order valence-electron chi connectivity index (χ3n) is 7.40. The highest BCUT2D eigenvalue weighted by molar-refractivity contribution is 5.85. The fraction of sp³-hybridized carbons (Fsp3) is 0.556. The van der Waals surface area contributed by atoms with Crippen LogP contribution in [0.3, 0.4) is 0 Å². The maximum Gasteiger partial charge on any atom is 0.122 e. The molecule has 6 heteroatoms. The van der Waals surface area contributed by atoms with Crippen LogP contribution in [0.5, 0.6) is 5.75 Å². The summed E-state index contributed by atoms with van der Waals surface area (Å²) >= 11 is 0. The largest absolute Gasteiger partial charge is 0.507 e. The SMILES string of the molecule is CCC(CN1CCC([C@@H]2Cc3c(ccc(C)c3O)[C@H](CNC)O2)CC1)c1ccccc1.Cl.Cl. The summed E-state index contributed by atoms with van der Waals surface area (Å²) in [6.45, 7) is 8.48. The van der Waals surface area contributed by atoms with E-state index in [-0.39, 0.29) is 37.0 Å². The van der Waals surface area contributed by atoms with Crippen molar-refractivity contribution < 1.29 is 9.84 Å². The van der Waals surface area contributed by atoms with E-state index in [0.717, 1.165) is 49.3 Å². The van der Waals surface area contributed by atoms with Crippen LogP contribution in [-0.2, 0) is 11.2 Å². The fourth-order valence-electron chi connectivity index (χ4n) is 5.45. The maximum absolute atomic E-state index is 10.7. The number of piperidine rings is 1. The number of aromatic hydroxyl groups is 1. The number of likely N-dealkylation sites (N-methyl/N-ethyl adjacent to an activating group) is 1. The van der Waals surface area contributed by atoms with E-state index in [2.05, 4.69) is 53.5 Å². The van der Waals surface area contributed by atoms with Crippen LogP contribution in [0.2, 0.25) is 0 Å². The van der Waals surface area contributed by atoms with Crippen LogP contribution in [0, 0.1) is 12.8 Å². The predicted octanol–water partition coefficient (Wildman–Crippen LogP) is 5.65. The topological polar surface area (TPSA) is 44.7 Å². The van der Waals surface area contributed by atoms with E-state index < -0.39 is 0 Å². The maximum atomic E-state index is 10.7. The second-order valence-corrected chi connectivity index (χ2v) is 9.38. The first-order chi connectivity index (χ1) is 15.1. The number of nitrogens with one attached hydrogen (secondary N) is 1. The number of phenols is 1. The minimum atomic E-state index is 0. The second-order valence-electron chi connectivity index (χ2n) is 9.38. The molecule has 0 aromatic heterocycles. The molecule has 0 aliphatic carbocycles. The van der Waals surface area contributed by atoms with Gasteiger partial charge in [0.1, 0.15) is 5.75 Å². The van der Waals surface area contributed by atoms with Crippen molar-refractivity contribution in [2.45, 2.75) is 57.7 Å². The molecule has 0 bridgehead atoms. The van der Waals surface area contributed by atoms with Crippen molar-refractivity contribution in [1.29, 1.82) is 0 Å². The zero-order chi connectivity index (χ0) is 21.8. The van der Waals surface area contributed by atoms with E-state index in [1.165, 1.54) is 24.8 Å². The van der Waals surface area contributed by atoms with Crippen LogP contribution in [-0.4, -0.2) is 49.3 Å². The van der Waals surface area contributed by atoms with Gasteiger partial charge in [-0.3, -0.25) is 0 Å². The summed E-state index contributed by atoms with van der Waals surface area (Å²) in [5.41, 5.74) is 4.68. The average Bonchev–Trinajstić information content (AvgIpc) is 2.81. The number of benzene rings is 2. The predicted molar refractivity (Wildman–Crippen MR) is 141 cm³/mol. The minimum Gasteiger partial charge on any atom is -0.507 e. The summed E-state index contributed by atoms with van der Waals surface area (Å²) in [5.74, 6) is 1.63. The molecule has 1 fully saturated rings. The van der Waals surface area contributed by atoms with Crippen LogP contribution in [0.1, 0.15) is 60.5 Å². The van der Waals surface area contributed by atoms with Crippen LogP contribution in [0.4, 0.5) is 0 Å². The van der Waals surface area contributed by atoms with Crippen LogP contribution in [0.15, 0.2) is 42.5 Å². The molecule has 4 rings (SSSR count). The van der Waals surface area contributed by atoms with Crippen molar-refractivity contribution >= 4 is 24.8 Å². The molecule has 2 heterocycles. The second kappa shape index (κ2) is 13.0. The molecule has 0 saturated carbocycles. The van der Waals surface area contributed by atoms with Crippen LogP contribution < -0.4 is 5.32 Å². The Bertz CT molecular complexity index is 857. The number of phenolic OH excluding ortho intramolecular Hbond substituents is 1. The zero-order valence-electron chi connectivity index (χ0n) is 20.1. The summed E-state index contributed by atoms with van der Waals surface area (Å²) in [7, 11) is 1.97. The Morgan fingerprint density at radius 2 is 1.79 bits per heavy atom. The number of ether oxygens (including phenoxy) is 1. The van der Waals surface area contributed by atoms with Crippen molar-refractivity contribution in [3.8, 4) is 5.75 Å². The standard InChI is InChI=1S/C27H38N2O2.2ClH/c1-4-20(21-8-6-5-7-9-21)18-29-14-12-22(13-15-29)25-16-24-23(26(31-25)17-28-3)11-10-19(2)27(24)30;;/h5-11,20,22,25-26,28,30H,4,12-18H2,1-3H3;2*1H/t20?,25-,26-;;/m0../s1. The Morgan fingerprint density at radius 3 is 2.42 bits per heavy atom. The van der Waals surface area contributed by atoms with Crippen molar-refractivity contribution in [2.75, 3.05) is 33.2 Å². The molecule has 2 aromatic rings. The fourth-order valence-corrected chi connectivity index (χ4v) is 5.45. The van der Waals surface area contributed by atoms with Gasteiger partial charge in [0, 0.05) is 25.1 Å². The van der Waals surface area contributed by atoms with E-state index in [1.807, 2.05) is 20.0 Å². The lowest BCUT2D eigenvalue weighted by Crippen LogP contribution is -2.43. The Morgan fingerprint density at radius 1 is 1.09 bits per heavy atom. The van der Waals surface area contributed by atoms with Gasteiger partial charge in [-0.05, 0) is 74.8 Å². The quantitative estimate of drug-likeness (QED) is 0.521. The molecule has 4 nitrogen and oxygen atoms in total. The smallest absolute Gasteiger partial charge is 0.122 e. The minimum absolute atomic E-state index is 0. The number of aryl methyl sites for hydroxylation is 1. The molecular weight excluding hydrogens is 455 g/mol. The average molecular weight is 496 g/mol. The molecule has 0 amide bonds. The first-order valence-electron chi connectivity index (χ1n) is 12.0.